The number of ether oxygens (including phenoxy) is 2. The van der Waals surface area contributed by atoms with Gasteiger partial charge < -0.3 is 14.8 Å². The summed E-state index contributed by atoms with van der Waals surface area (Å²) >= 11 is 5.59. The van der Waals surface area contributed by atoms with Crippen LogP contribution < -0.4 is 5.32 Å². The Hall–Kier alpha value is -0.740. The first-order valence-corrected chi connectivity index (χ1v) is 6.41. The Morgan fingerprint density at radius 2 is 1.83 bits per heavy atom. The fourth-order valence-electron chi connectivity index (χ4n) is 1.11. The van der Waals surface area contributed by atoms with Gasteiger partial charge in [-0.25, -0.2) is 4.79 Å². The zero-order valence-corrected chi connectivity index (χ0v) is 12.7. The number of alkyl carbamates (subject to hydrolysis) is 1. The van der Waals surface area contributed by atoms with Crippen LogP contribution in [0.3, 0.4) is 0 Å². The normalized spacial score (nSPS) is 12.1. The third-order valence-corrected chi connectivity index (χ3v) is 2.18. The van der Waals surface area contributed by atoms with Crippen molar-refractivity contribution in [3.8, 4) is 0 Å². The summed E-state index contributed by atoms with van der Waals surface area (Å²) in [6.07, 6.45) is -0.452. The van der Waals surface area contributed by atoms with E-state index in [0.29, 0.717) is 19.1 Å². The second-order valence-corrected chi connectivity index (χ2v) is 6.15. The lowest BCUT2D eigenvalue weighted by atomic mass is 10.1. The van der Waals surface area contributed by atoms with Gasteiger partial charge >= 0.3 is 6.09 Å². The highest BCUT2D eigenvalue weighted by Gasteiger charge is 2.24. The minimum atomic E-state index is -0.506. The van der Waals surface area contributed by atoms with Crippen LogP contribution in [0.1, 0.15) is 34.6 Å². The van der Waals surface area contributed by atoms with Gasteiger partial charge in [0.1, 0.15) is 5.60 Å². The van der Waals surface area contributed by atoms with Crippen LogP contribution in [-0.2, 0) is 9.47 Å². The Morgan fingerprint density at radius 1 is 1.28 bits per heavy atom. The first-order valence-electron chi connectivity index (χ1n) is 5.87. The molecule has 0 atom stereocenters. The van der Waals surface area contributed by atoms with Gasteiger partial charge in [0.25, 0.3) is 0 Å². The van der Waals surface area contributed by atoms with Gasteiger partial charge in [0.2, 0.25) is 0 Å². The molecule has 0 unspecified atom stereocenters. The summed E-state index contributed by atoms with van der Waals surface area (Å²) < 4.78 is 10.6. The minimum Gasteiger partial charge on any atom is -0.444 e. The SMILES string of the molecule is C=C(CCl)COCC(C)(C)NC(=O)OC(C)(C)C. The zero-order valence-electron chi connectivity index (χ0n) is 11.9. The van der Waals surface area contributed by atoms with Crippen molar-refractivity contribution in [1.82, 2.24) is 5.32 Å². The molecule has 0 saturated carbocycles. The number of amides is 1. The number of carbonyl (C=O) groups is 1. The molecule has 1 N–H and O–H groups in total. The maximum Gasteiger partial charge on any atom is 0.408 e. The number of hydrogen-bond donors (Lipinski definition) is 1. The quantitative estimate of drug-likeness (QED) is 0.599. The summed E-state index contributed by atoms with van der Waals surface area (Å²) in [6.45, 7) is 13.7. The minimum absolute atomic E-state index is 0.363. The highest BCUT2D eigenvalue weighted by molar-refractivity contribution is 6.19. The summed E-state index contributed by atoms with van der Waals surface area (Å²) in [4.78, 5) is 11.6. The molecule has 0 aliphatic carbocycles. The van der Waals surface area contributed by atoms with Crippen LogP contribution in [0.4, 0.5) is 4.79 Å². The van der Waals surface area contributed by atoms with E-state index < -0.39 is 17.2 Å². The summed E-state index contributed by atoms with van der Waals surface area (Å²) in [5.41, 5.74) is -0.201. The van der Waals surface area contributed by atoms with Gasteiger partial charge in [0.05, 0.1) is 18.8 Å². The molecule has 5 heteroatoms. The second kappa shape index (κ2) is 7.00. The number of halogens is 1. The highest BCUT2D eigenvalue weighted by atomic mass is 35.5. The summed E-state index contributed by atoms with van der Waals surface area (Å²) in [6, 6.07) is 0. The molecule has 0 bridgehead atoms. The molecule has 0 aromatic carbocycles. The number of nitrogens with one attached hydrogen (secondary N) is 1. The summed E-state index contributed by atoms with van der Waals surface area (Å²) in [5.74, 6) is 0.375. The highest BCUT2D eigenvalue weighted by Crippen LogP contribution is 2.10. The Balaban J connectivity index is 4.06. The predicted octanol–water partition coefficient (Wildman–Crippen LogP) is 3.10. The molecular formula is C13H24ClNO3. The lowest BCUT2D eigenvalue weighted by Gasteiger charge is -2.28. The molecule has 0 spiro atoms. The number of carbonyl (C=O) groups excluding carboxylic acids is 1. The molecule has 0 heterocycles. The molecule has 1 amide bonds. The van der Waals surface area contributed by atoms with E-state index in [4.69, 9.17) is 21.1 Å². The summed E-state index contributed by atoms with van der Waals surface area (Å²) in [5, 5.41) is 2.76. The predicted molar refractivity (Wildman–Crippen MR) is 74.1 cm³/mol. The molecule has 0 aliphatic rings. The van der Waals surface area contributed by atoms with Crippen LogP contribution in [-0.4, -0.2) is 36.3 Å². The van der Waals surface area contributed by atoms with Crippen molar-refractivity contribution in [2.75, 3.05) is 19.1 Å². The van der Waals surface area contributed by atoms with Crippen LogP contribution in [0.15, 0.2) is 12.2 Å². The van der Waals surface area contributed by atoms with E-state index in [9.17, 15) is 4.79 Å². The van der Waals surface area contributed by atoms with Gasteiger partial charge in [-0.05, 0) is 40.2 Å². The molecule has 0 aromatic heterocycles. The maximum atomic E-state index is 11.6. The molecular weight excluding hydrogens is 254 g/mol. The first-order chi connectivity index (χ1) is 8.06. The smallest absolute Gasteiger partial charge is 0.408 e. The van der Waals surface area contributed by atoms with E-state index >= 15 is 0 Å². The van der Waals surface area contributed by atoms with Crippen LogP contribution in [0, 0.1) is 0 Å². The van der Waals surface area contributed by atoms with E-state index in [2.05, 4.69) is 11.9 Å². The van der Waals surface area contributed by atoms with E-state index in [1.807, 2.05) is 34.6 Å². The molecule has 0 aromatic rings. The molecule has 0 aliphatic heterocycles. The fraction of sp³-hybridized carbons (Fsp3) is 0.769. The third-order valence-electron chi connectivity index (χ3n) is 1.80. The lowest BCUT2D eigenvalue weighted by molar-refractivity contribution is 0.0373. The third kappa shape index (κ3) is 9.31. The molecule has 0 fully saturated rings. The average molecular weight is 278 g/mol. The zero-order chi connectivity index (χ0) is 14.4. The van der Waals surface area contributed by atoms with Crippen LogP contribution >= 0.6 is 11.6 Å². The maximum absolute atomic E-state index is 11.6. The standard InChI is InChI=1S/C13H24ClNO3/c1-10(7-14)8-17-9-13(5,6)15-11(16)18-12(2,3)4/h1,7-9H2,2-6H3,(H,15,16). The van der Waals surface area contributed by atoms with Crippen molar-refractivity contribution in [3.63, 3.8) is 0 Å². The van der Waals surface area contributed by atoms with Gasteiger partial charge in [0.15, 0.2) is 0 Å². The molecule has 0 radical (unpaired) electrons. The van der Waals surface area contributed by atoms with E-state index in [-0.39, 0.29) is 0 Å². The van der Waals surface area contributed by atoms with Crippen molar-refractivity contribution in [3.05, 3.63) is 12.2 Å². The Kier molecular flexibility index (Phi) is 6.71. The molecule has 0 rings (SSSR count). The lowest BCUT2D eigenvalue weighted by Crippen LogP contribution is -2.48. The van der Waals surface area contributed by atoms with Crippen molar-refractivity contribution < 1.29 is 14.3 Å². The van der Waals surface area contributed by atoms with E-state index in [0.717, 1.165) is 5.57 Å². The van der Waals surface area contributed by atoms with Crippen LogP contribution in [0.25, 0.3) is 0 Å². The Bertz CT molecular complexity index is 295. The first kappa shape index (κ1) is 17.3. The number of rotatable bonds is 6. The van der Waals surface area contributed by atoms with Crippen molar-refractivity contribution in [2.24, 2.45) is 0 Å². The summed E-state index contributed by atoms with van der Waals surface area (Å²) in [7, 11) is 0. The number of hydrogen-bond acceptors (Lipinski definition) is 3. The van der Waals surface area contributed by atoms with Gasteiger partial charge in [-0.3, -0.25) is 0 Å². The van der Waals surface area contributed by atoms with Gasteiger partial charge in [-0.15, -0.1) is 11.6 Å². The van der Waals surface area contributed by atoms with Gasteiger partial charge in [0, 0.05) is 5.88 Å². The Morgan fingerprint density at radius 3 is 2.28 bits per heavy atom. The molecule has 18 heavy (non-hydrogen) atoms. The van der Waals surface area contributed by atoms with E-state index in [1.165, 1.54) is 0 Å². The monoisotopic (exact) mass is 277 g/mol. The molecule has 106 valence electrons. The largest absolute Gasteiger partial charge is 0.444 e. The van der Waals surface area contributed by atoms with Crippen LogP contribution in [0.5, 0.6) is 0 Å². The van der Waals surface area contributed by atoms with Gasteiger partial charge in [-0.2, -0.15) is 0 Å². The van der Waals surface area contributed by atoms with Crippen molar-refractivity contribution in [2.45, 2.75) is 45.8 Å². The van der Waals surface area contributed by atoms with Crippen molar-refractivity contribution >= 4 is 17.7 Å². The van der Waals surface area contributed by atoms with Gasteiger partial charge in [-0.1, -0.05) is 6.58 Å². The molecule has 4 nitrogen and oxygen atoms in total. The van der Waals surface area contributed by atoms with Crippen molar-refractivity contribution in [1.29, 1.82) is 0 Å². The fourth-order valence-corrected chi connectivity index (χ4v) is 1.18. The van der Waals surface area contributed by atoms with E-state index in [1.54, 1.807) is 0 Å². The second-order valence-electron chi connectivity index (χ2n) is 5.89. The average Bonchev–Trinajstić information content (AvgIpc) is 2.12. The molecule has 0 saturated heterocycles. The van der Waals surface area contributed by atoms with Crippen LogP contribution in [0.2, 0.25) is 0 Å². The number of alkyl halides is 1. The topological polar surface area (TPSA) is 47.6 Å². The Labute approximate surface area is 115 Å².